The van der Waals surface area contributed by atoms with Crippen LogP contribution in [0.1, 0.15) is 0 Å². The van der Waals surface area contributed by atoms with E-state index in [9.17, 15) is 0 Å². The Morgan fingerprint density at radius 2 is 1.67 bits per heavy atom. The minimum Gasteiger partial charge on any atom is -0.493 e. The van der Waals surface area contributed by atoms with Crippen LogP contribution in [0, 0.1) is 0 Å². The van der Waals surface area contributed by atoms with Crippen molar-refractivity contribution >= 4 is 34.9 Å². The SMILES string of the molecule is COc1cc2c(Cl)ncnc2c(OC)c1OC.Cl. The highest BCUT2D eigenvalue weighted by molar-refractivity contribution is 6.34. The number of ether oxygens (including phenoxy) is 3. The third-order valence-corrected chi connectivity index (χ3v) is 2.69. The zero-order valence-electron chi connectivity index (χ0n) is 10.1. The normalized spacial score (nSPS) is 9.78. The summed E-state index contributed by atoms with van der Waals surface area (Å²) in [6.07, 6.45) is 1.37. The Bertz CT molecular complexity index is 563. The average Bonchev–Trinajstić information content (AvgIpc) is 2.36. The first kappa shape index (κ1) is 14.6. The fourth-order valence-electron chi connectivity index (χ4n) is 1.63. The summed E-state index contributed by atoms with van der Waals surface area (Å²) in [6, 6.07) is 1.72. The van der Waals surface area contributed by atoms with Gasteiger partial charge in [-0.05, 0) is 6.07 Å². The predicted molar refractivity (Wildman–Crippen MR) is 71.5 cm³/mol. The van der Waals surface area contributed by atoms with Crippen molar-refractivity contribution in [2.45, 2.75) is 0 Å². The zero-order chi connectivity index (χ0) is 12.4. The second-order valence-electron chi connectivity index (χ2n) is 3.21. The summed E-state index contributed by atoms with van der Waals surface area (Å²) in [5.74, 6) is 1.48. The van der Waals surface area contributed by atoms with Crippen LogP contribution in [0.2, 0.25) is 5.15 Å². The minimum atomic E-state index is 0. The van der Waals surface area contributed by atoms with Crippen LogP contribution in [0.5, 0.6) is 17.2 Å². The third kappa shape index (κ3) is 2.23. The van der Waals surface area contributed by atoms with Gasteiger partial charge in [0, 0.05) is 5.39 Å². The number of benzene rings is 1. The molecular weight excluding hydrogens is 279 g/mol. The van der Waals surface area contributed by atoms with Gasteiger partial charge in [0.15, 0.2) is 11.5 Å². The highest BCUT2D eigenvalue weighted by Gasteiger charge is 2.18. The highest BCUT2D eigenvalue weighted by Crippen LogP contribution is 2.43. The van der Waals surface area contributed by atoms with Gasteiger partial charge in [0.05, 0.1) is 21.3 Å². The summed E-state index contributed by atoms with van der Waals surface area (Å²) >= 11 is 6.01. The lowest BCUT2D eigenvalue weighted by molar-refractivity contribution is 0.327. The lowest BCUT2D eigenvalue weighted by Crippen LogP contribution is -1.97. The fraction of sp³-hybridized carbons (Fsp3) is 0.273. The number of fused-ring (bicyclic) bond motifs is 1. The molecule has 0 spiro atoms. The van der Waals surface area contributed by atoms with Gasteiger partial charge in [-0.15, -0.1) is 12.4 Å². The van der Waals surface area contributed by atoms with Gasteiger partial charge >= 0.3 is 0 Å². The van der Waals surface area contributed by atoms with Gasteiger partial charge in [-0.1, -0.05) is 11.6 Å². The van der Waals surface area contributed by atoms with Crippen molar-refractivity contribution in [2.75, 3.05) is 21.3 Å². The van der Waals surface area contributed by atoms with Gasteiger partial charge in [-0.3, -0.25) is 0 Å². The molecule has 1 heterocycles. The molecule has 0 atom stereocenters. The Labute approximate surface area is 115 Å². The van der Waals surface area contributed by atoms with Crippen molar-refractivity contribution in [3.63, 3.8) is 0 Å². The molecule has 2 rings (SSSR count). The predicted octanol–water partition coefficient (Wildman–Crippen LogP) is 2.73. The summed E-state index contributed by atoms with van der Waals surface area (Å²) in [6.45, 7) is 0. The van der Waals surface area contributed by atoms with Gasteiger partial charge in [-0.25, -0.2) is 9.97 Å². The Kier molecular flexibility index (Phi) is 4.81. The standard InChI is InChI=1S/C11H11ClN2O3.ClH/c1-15-7-4-6-8(13-5-14-11(6)12)10(17-3)9(7)16-2;/h4-5H,1-3H3;1H. The molecule has 5 nitrogen and oxygen atoms in total. The number of nitrogens with zero attached hydrogens (tertiary/aromatic N) is 2. The van der Waals surface area contributed by atoms with Gasteiger partial charge in [0.2, 0.25) is 5.75 Å². The van der Waals surface area contributed by atoms with Crippen LogP contribution in [-0.2, 0) is 0 Å². The largest absolute Gasteiger partial charge is 0.493 e. The van der Waals surface area contributed by atoms with Crippen molar-refractivity contribution in [3.05, 3.63) is 17.5 Å². The molecule has 1 aromatic carbocycles. The Balaban J connectivity index is 0.00000162. The molecule has 0 radical (unpaired) electrons. The molecule has 98 valence electrons. The van der Waals surface area contributed by atoms with Crippen molar-refractivity contribution in [3.8, 4) is 17.2 Å². The highest BCUT2D eigenvalue weighted by atomic mass is 35.5. The molecule has 0 aliphatic heterocycles. The summed E-state index contributed by atoms with van der Waals surface area (Å²) in [7, 11) is 4.61. The van der Waals surface area contributed by atoms with E-state index in [0.29, 0.717) is 33.3 Å². The maximum Gasteiger partial charge on any atom is 0.205 e. The molecule has 0 saturated carbocycles. The van der Waals surface area contributed by atoms with Crippen molar-refractivity contribution in [1.29, 1.82) is 0 Å². The van der Waals surface area contributed by atoms with Crippen molar-refractivity contribution in [1.82, 2.24) is 9.97 Å². The topological polar surface area (TPSA) is 53.5 Å². The number of hydrogen-bond acceptors (Lipinski definition) is 5. The monoisotopic (exact) mass is 290 g/mol. The van der Waals surface area contributed by atoms with E-state index in [-0.39, 0.29) is 12.4 Å². The molecule has 7 heteroatoms. The lowest BCUT2D eigenvalue weighted by atomic mass is 10.2. The van der Waals surface area contributed by atoms with Crippen LogP contribution in [0.4, 0.5) is 0 Å². The zero-order valence-corrected chi connectivity index (χ0v) is 11.6. The summed E-state index contributed by atoms with van der Waals surface area (Å²) < 4.78 is 15.8. The maximum absolute atomic E-state index is 6.01. The van der Waals surface area contributed by atoms with Gasteiger partial charge in [0.25, 0.3) is 0 Å². The Morgan fingerprint density at radius 1 is 1.00 bits per heavy atom. The molecule has 0 amide bonds. The molecule has 0 aliphatic rings. The Morgan fingerprint density at radius 3 is 2.22 bits per heavy atom. The van der Waals surface area contributed by atoms with E-state index in [0.717, 1.165) is 0 Å². The van der Waals surface area contributed by atoms with Crippen LogP contribution in [0.3, 0.4) is 0 Å². The fourth-order valence-corrected chi connectivity index (χ4v) is 1.82. The van der Waals surface area contributed by atoms with Gasteiger partial charge in [0.1, 0.15) is 17.0 Å². The Hall–Kier alpha value is -1.46. The molecule has 0 aliphatic carbocycles. The van der Waals surface area contributed by atoms with Crippen LogP contribution in [0.25, 0.3) is 10.9 Å². The molecule has 0 saturated heterocycles. The van der Waals surface area contributed by atoms with Gasteiger partial charge in [-0.2, -0.15) is 0 Å². The number of rotatable bonds is 3. The van der Waals surface area contributed by atoms with E-state index >= 15 is 0 Å². The van der Waals surface area contributed by atoms with E-state index < -0.39 is 0 Å². The summed E-state index contributed by atoms with van der Waals surface area (Å²) in [5.41, 5.74) is 0.588. The first-order chi connectivity index (χ1) is 8.22. The molecule has 2 aromatic rings. The van der Waals surface area contributed by atoms with E-state index in [1.54, 1.807) is 13.2 Å². The molecule has 0 fully saturated rings. The second-order valence-corrected chi connectivity index (χ2v) is 3.56. The molecule has 0 bridgehead atoms. The van der Waals surface area contributed by atoms with E-state index in [1.807, 2.05) is 0 Å². The number of aromatic nitrogens is 2. The molecule has 0 N–H and O–H groups in total. The van der Waals surface area contributed by atoms with E-state index in [1.165, 1.54) is 20.5 Å². The quantitative estimate of drug-likeness (QED) is 0.814. The first-order valence-corrected chi connectivity index (χ1v) is 5.20. The molecule has 0 unspecified atom stereocenters. The summed E-state index contributed by atoms with van der Waals surface area (Å²) in [5, 5.41) is 0.998. The van der Waals surface area contributed by atoms with Crippen LogP contribution >= 0.6 is 24.0 Å². The molecule has 18 heavy (non-hydrogen) atoms. The molecule has 1 aromatic heterocycles. The smallest absolute Gasteiger partial charge is 0.205 e. The minimum absolute atomic E-state index is 0. The van der Waals surface area contributed by atoms with Crippen LogP contribution in [0.15, 0.2) is 12.4 Å². The second kappa shape index (κ2) is 5.93. The van der Waals surface area contributed by atoms with Crippen LogP contribution in [-0.4, -0.2) is 31.3 Å². The molecular formula is C11H12Cl2N2O3. The van der Waals surface area contributed by atoms with Gasteiger partial charge < -0.3 is 14.2 Å². The number of halogens is 2. The first-order valence-electron chi connectivity index (χ1n) is 4.82. The maximum atomic E-state index is 6.01. The lowest BCUT2D eigenvalue weighted by Gasteiger charge is -2.14. The van der Waals surface area contributed by atoms with Crippen molar-refractivity contribution < 1.29 is 14.2 Å². The van der Waals surface area contributed by atoms with Crippen molar-refractivity contribution in [2.24, 2.45) is 0 Å². The summed E-state index contributed by atoms with van der Waals surface area (Å²) in [4.78, 5) is 8.06. The number of hydrogen-bond donors (Lipinski definition) is 0. The van der Waals surface area contributed by atoms with E-state index in [2.05, 4.69) is 9.97 Å². The third-order valence-electron chi connectivity index (χ3n) is 2.38. The van der Waals surface area contributed by atoms with Crippen LogP contribution < -0.4 is 14.2 Å². The number of methoxy groups -OCH3 is 3. The van der Waals surface area contributed by atoms with E-state index in [4.69, 9.17) is 25.8 Å². The average molecular weight is 291 g/mol.